The maximum atomic E-state index is 6.76. The van der Waals surface area contributed by atoms with Crippen molar-refractivity contribution in [3.63, 3.8) is 0 Å². The summed E-state index contributed by atoms with van der Waals surface area (Å²) < 4.78 is 13.2. The van der Waals surface area contributed by atoms with Crippen molar-refractivity contribution < 1.29 is 8.23 Å². The van der Waals surface area contributed by atoms with E-state index < -0.39 is 25.2 Å². The quantitative estimate of drug-likeness (QED) is 0.358. The van der Waals surface area contributed by atoms with E-state index in [1.54, 1.807) is 0 Å². The minimum atomic E-state index is -2.23. The molecule has 0 fully saturated rings. The van der Waals surface area contributed by atoms with Crippen molar-refractivity contribution in [2.24, 2.45) is 17.8 Å². The van der Waals surface area contributed by atoms with Gasteiger partial charge in [-0.25, -0.2) is 0 Å². The van der Waals surface area contributed by atoms with E-state index in [4.69, 9.17) is 8.23 Å². The molecule has 0 N–H and O–H groups in total. The van der Waals surface area contributed by atoms with E-state index in [0.29, 0.717) is 17.8 Å². The highest BCUT2D eigenvalue weighted by Crippen LogP contribution is 2.45. The van der Waals surface area contributed by atoms with Gasteiger partial charge in [-0.15, -0.1) is 6.58 Å². The highest BCUT2D eigenvalue weighted by molar-refractivity contribution is 6.93. The van der Waals surface area contributed by atoms with Crippen LogP contribution in [0.3, 0.4) is 0 Å². The summed E-state index contributed by atoms with van der Waals surface area (Å²) in [5, 5.41) is 1.34. The molecule has 0 saturated heterocycles. The van der Waals surface area contributed by atoms with E-state index >= 15 is 0 Å². The Morgan fingerprint density at radius 1 is 0.759 bits per heavy atom. The summed E-state index contributed by atoms with van der Waals surface area (Å²) in [5.41, 5.74) is 3.64. The molecule has 0 aliphatic heterocycles. The Bertz CT molecular complexity index is 652. The van der Waals surface area contributed by atoms with Gasteiger partial charge in [0.1, 0.15) is 0 Å². The van der Waals surface area contributed by atoms with Gasteiger partial charge in [0.05, 0.1) is 0 Å². The van der Waals surface area contributed by atoms with Crippen LogP contribution in [0, 0.1) is 17.8 Å². The first-order valence-corrected chi connectivity index (χ1v) is 19.9. The lowest BCUT2D eigenvalue weighted by molar-refractivity contribution is 0.148. The van der Waals surface area contributed by atoms with Gasteiger partial charge in [0, 0.05) is 5.41 Å². The van der Waals surface area contributed by atoms with E-state index in [0.717, 1.165) is 0 Å². The van der Waals surface area contributed by atoms with Gasteiger partial charge in [-0.05, 0) is 67.8 Å². The molecular formula is C24H46O2Si3. The second-order valence-electron chi connectivity index (χ2n) is 10.9. The molecule has 29 heavy (non-hydrogen) atoms. The minimum absolute atomic E-state index is 0.182. The molecule has 2 nitrogen and oxygen atoms in total. The Hall–Kier alpha value is -0.469. The van der Waals surface area contributed by atoms with Crippen LogP contribution in [0.1, 0.15) is 47.1 Å². The van der Waals surface area contributed by atoms with E-state index in [2.05, 4.69) is 112 Å². The topological polar surface area (TPSA) is 18.5 Å². The second kappa shape index (κ2) is 9.35. The highest BCUT2D eigenvalue weighted by atomic mass is 28.5. The van der Waals surface area contributed by atoms with Crippen LogP contribution >= 0.6 is 0 Å². The zero-order chi connectivity index (χ0) is 22.8. The molecule has 0 amide bonds. The predicted molar refractivity (Wildman–Crippen MR) is 137 cm³/mol. The average Bonchev–Trinajstić information content (AvgIpc) is 2.52. The molecule has 0 atom stereocenters. The summed E-state index contributed by atoms with van der Waals surface area (Å²) >= 11 is 0. The maximum Gasteiger partial charge on any atom is 0.311 e. The van der Waals surface area contributed by atoms with Crippen molar-refractivity contribution >= 4 is 30.4 Å². The summed E-state index contributed by atoms with van der Waals surface area (Å²) in [6.07, 6.45) is 0. The molecule has 1 aromatic carbocycles. The van der Waals surface area contributed by atoms with Crippen molar-refractivity contribution in [3.8, 4) is 0 Å². The van der Waals surface area contributed by atoms with Crippen LogP contribution in [0.4, 0.5) is 0 Å². The molecule has 0 heterocycles. The fourth-order valence-electron chi connectivity index (χ4n) is 5.53. The molecule has 1 rings (SSSR count). The van der Waals surface area contributed by atoms with E-state index in [1.165, 1.54) is 10.8 Å². The molecule has 0 bridgehead atoms. The first-order valence-electron chi connectivity index (χ1n) is 11.2. The monoisotopic (exact) mass is 450 g/mol. The van der Waals surface area contributed by atoms with Gasteiger partial charge >= 0.3 is 8.56 Å². The third-order valence-corrected chi connectivity index (χ3v) is 17.2. The van der Waals surface area contributed by atoms with Crippen LogP contribution in [0.5, 0.6) is 0 Å². The predicted octanol–water partition coefficient (Wildman–Crippen LogP) is 6.97. The summed E-state index contributed by atoms with van der Waals surface area (Å²) in [5.74, 6) is 1.75. The van der Waals surface area contributed by atoms with E-state index in [-0.39, 0.29) is 5.41 Å². The fraction of sp³-hybridized carbons (Fsp3) is 0.667. The van der Waals surface area contributed by atoms with Crippen molar-refractivity contribution in [1.29, 1.82) is 0 Å². The van der Waals surface area contributed by atoms with Crippen LogP contribution in [0.15, 0.2) is 36.5 Å². The summed E-state index contributed by atoms with van der Waals surface area (Å²) in [6, 6.07) is 9.38. The largest absolute Gasteiger partial charge is 0.433 e. The average molecular weight is 451 g/mol. The molecule has 0 saturated carbocycles. The molecule has 0 aliphatic rings. The minimum Gasteiger partial charge on any atom is -0.433 e. The molecule has 166 valence electrons. The Kier molecular flexibility index (Phi) is 8.56. The van der Waals surface area contributed by atoms with Gasteiger partial charge in [-0.1, -0.05) is 71.5 Å². The van der Waals surface area contributed by atoms with E-state index in [1.807, 2.05) is 5.70 Å². The SMILES string of the molecule is C=C[Si](C)(C)O[Si](C)(C)O[Si](C)(C)c1ccc(C(C(C)C)(C(C)C)C(C)C)cc1. The number of hydrogen-bond acceptors (Lipinski definition) is 2. The molecular weight excluding hydrogens is 405 g/mol. The van der Waals surface area contributed by atoms with Crippen LogP contribution in [-0.2, 0) is 13.6 Å². The number of rotatable bonds is 10. The molecule has 1 aromatic rings. The lowest BCUT2D eigenvalue weighted by atomic mass is 9.58. The second-order valence-corrected chi connectivity index (χ2v) is 22.5. The van der Waals surface area contributed by atoms with Crippen molar-refractivity contribution in [2.45, 2.75) is 86.2 Å². The molecule has 5 heteroatoms. The fourth-order valence-corrected chi connectivity index (χ4v) is 17.8. The van der Waals surface area contributed by atoms with Gasteiger partial charge in [-0.2, -0.15) is 0 Å². The Balaban J connectivity index is 3.24. The Morgan fingerprint density at radius 2 is 1.17 bits per heavy atom. The number of benzene rings is 1. The normalized spacial score (nSPS) is 14.2. The highest BCUT2D eigenvalue weighted by Gasteiger charge is 2.43. The van der Waals surface area contributed by atoms with Gasteiger partial charge in [0.15, 0.2) is 8.32 Å². The standard InChI is InChI=1S/C24H46O2Si3/c1-14-27(8,9)25-29(12,13)26-28(10,11)23-17-15-22(16-18-23)24(19(2)3,20(4)5)21(6)7/h14-21H,1H2,2-13H3. The smallest absolute Gasteiger partial charge is 0.311 e. The summed E-state index contributed by atoms with van der Waals surface area (Å²) in [7, 11) is -6.16. The van der Waals surface area contributed by atoms with Crippen molar-refractivity contribution in [3.05, 3.63) is 42.1 Å². The van der Waals surface area contributed by atoms with Crippen molar-refractivity contribution in [2.75, 3.05) is 0 Å². The van der Waals surface area contributed by atoms with Gasteiger partial charge < -0.3 is 8.23 Å². The lowest BCUT2D eigenvalue weighted by Gasteiger charge is -2.46. The van der Waals surface area contributed by atoms with Crippen LogP contribution in [0.25, 0.3) is 0 Å². The van der Waals surface area contributed by atoms with Crippen molar-refractivity contribution in [1.82, 2.24) is 0 Å². The van der Waals surface area contributed by atoms with Crippen LogP contribution in [-0.4, -0.2) is 25.2 Å². The van der Waals surface area contributed by atoms with Gasteiger partial charge in [0.2, 0.25) is 8.32 Å². The first kappa shape index (κ1) is 26.6. The number of hydrogen-bond donors (Lipinski definition) is 0. The Morgan fingerprint density at radius 3 is 1.52 bits per heavy atom. The zero-order valence-electron chi connectivity index (χ0n) is 21.1. The third kappa shape index (κ3) is 6.03. The molecule has 0 aromatic heterocycles. The summed E-state index contributed by atoms with van der Waals surface area (Å²) in [6.45, 7) is 31.5. The summed E-state index contributed by atoms with van der Waals surface area (Å²) in [4.78, 5) is 0. The van der Waals surface area contributed by atoms with Crippen LogP contribution in [0.2, 0.25) is 39.3 Å². The molecule has 0 aliphatic carbocycles. The van der Waals surface area contributed by atoms with Crippen LogP contribution < -0.4 is 5.19 Å². The van der Waals surface area contributed by atoms with E-state index in [9.17, 15) is 0 Å². The maximum absolute atomic E-state index is 6.76. The Labute approximate surface area is 184 Å². The van der Waals surface area contributed by atoms with Gasteiger partial charge in [-0.3, -0.25) is 0 Å². The molecule has 0 spiro atoms. The molecule has 0 unspecified atom stereocenters. The zero-order valence-corrected chi connectivity index (χ0v) is 24.1. The molecule has 0 radical (unpaired) electrons. The lowest BCUT2D eigenvalue weighted by Crippen LogP contribution is -2.56. The van der Waals surface area contributed by atoms with Gasteiger partial charge in [0.25, 0.3) is 0 Å². The first-order chi connectivity index (χ1) is 13.0. The third-order valence-electron chi connectivity index (χ3n) is 6.45.